The molecule has 2 heterocycles. The first kappa shape index (κ1) is 14.7. The molecule has 2 aliphatic rings. The average molecular weight is 310 g/mol. The second kappa shape index (κ2) is 5.37. The number of hydrogen-bond acceptors (Lipinski definition) is 6. The van der Waals surface area contributed by atoms with E-state index in [2.05, 4.69) is 10.6 Å². The molecule has 19 heavy (non-hydrogen) atoms. The minimum Gasteiger partial charge on any atom is -0.351 e. The molecule has 2 fully saturated rings. The van der Waals surface area contributed by atoms with Gasteiger partial charge in [0.25, 0.3) is 0 Å². The molecule has 0 spiro atoms. The summed E-state index contributed by atoms with van der Waals surface area (Å²) in [5.41, 5.74) is 0. The van der Waals surface area contributed by atoms with E-state index in [1.807, 2.05) is 0 Å². The van der Waals surface area contributed by atoms with Crippen LogP contribution in [0.2, 0.25) is 0 Å². The summed E-state index contributed by atoms with van der Waals surface area (Å²) in [6.45, 7) is 0.0245. The zero-order valence-electron chi connectivity index (χ0n) is 10.5. The third kappa shape index (κ3) is 4.43. The molecule has 110 valence electrons. The minimum absolute atomic E-state index is 0.00342. The SMILES string of the molecule is O=C(CN[C@@H]1CCS(=O)(=O)C1)N[C@@H]1CCS(=O)(=O)C1. The molecular formula is C10H18N2O5S2. The molecular weight excluding hydrogens is 292 g/mol. The highest BCUT2D eigenvalue weighted by Gasteiger charge is 2.30. The van der Waals surface area contributed by atoms with Crippen molar-refractivity contribution in [1.82, 2.24) is 10.6 Å². The highest BCUT2D eigenvalue weighted by Crippen LogP contribution is 2.12. The summed E-state index contributed by atoms with van der Waals surface area (Å²) >= 11 is 0. The van der Waals surface area contributed by atoms with Gasteiger partial charge < -0.3 is 10.6 Å². The predicted octanol–water partition coefficient (Wildman–Crippen LogP) is -1.93. The van der Waals surface area contributed by atoms with Crippen LogP contribution in [0.15, 0.2) is 0 Å². The molecule has 0 aromatic heterocycles. The summed E-state index contributed by atoms with van der Waals surface area (Å²) in [6.07, 6.45) is 0.972. The summed E-state index contributed by atoms with van der Waals surface area (Å²) in [7, 11) is -5.96. The maximum atomic E-state index is 11.6. The van der Waals surface area contributed by atoms with E-state index >= 15 is 0 Å². The first-order valence-electron chi connectivity index (χ1n) is 6.19. The summed E-state index contributed by atoms with van der Waals surface area (Å²) in [4.78, 5) is 11.6. The molecule has 9 heteroatoms. The van der Waals surface area contributed by atoms with Gasteiger partial charge in [-0.1, -0.05) is 0 Å². The number of rotatable bonds is 4. The molecule has 0 saturated carbocycles. The quantitative estimate of drug-likeness (QED) is 0.626. The zero-order valence-corrected chi connectivity index (χ0v) is 12.1. The second-order valence-electron chi connectivity index (χ2n) is 5.15. The molecule has 0 aliphatic carbocycles. The van der Waals surface area contributed by atoms with Gasteiger partial charge in [-0.25, -0.2) is 16.8 Å². The lowest BCUT2D eigenvalue weighted by molar-refractivity contribution is -0.120. The molecule has 0 radical (unpaired) electrons. The van der Waals surface area contributed by atoms with Crippen LogP contribution in [0.4, 0.5) is 0 Å². The summed E-state index contributed by atoms with van der Waals surface area (Å²) in [6, 6.07) is -0.491. The van der Waals surface area contributed by atoms with Gasteiger partial charge in [0.15, 0.2) is 19.7 Å². The van der Waals surface area contributed by atoms with Crippen LogP contribution in [0.25, 0.3) is 0 Å². The van der Waals surface area contributed by atoms with Crippen molar-refractivity contribution in [2.24, 2.45) is 0 Å². The van der Waals surface area contributed by atoms with Crippen LogP contribution in [-0.4, -0.2) is 64.4 Å². The Morgan fingerprint density at radius 1 is 0.947 bits per heavy atom. The van der Waals surface area contributed by atoms with Crippen molar-refractivity contribution in [3.63, 3.8) is 0 Å². The van der Waals surface area contributed by atoms with E-state index in [9.17, 15) is 21.6 Å². The Balaban J connectivity index is 1.71. The third-order valence-corrected chi connectivity index (χ3v) is 6.92. The second-order valence-corrected chi connectivity index (χ2v) is 9.61. The Labute approximate surface area is 113 Å². The van der Waals surface area contributed by atoms with Gasteiger partial charge in [-0.2, -0.15) is 0 Å². The molecule has 0 unspecified atom stereocenters. The van der Waals surface area contributed by atoms with Crippen LogP contribution >= 0.6 is 0 Å². The van der Waals surface area contributed by atoms with E-state index in [-0.39, 0.29) is 47.5 Å². The Morgan fingerprint density at radius 3 is 1.95 bits per heavy atom. The maximum absolute atomic E-state index is 11.6. The van der Waals surface area contributed by atoms with Crippen LogP contribution in [-0.2, 0) is 24.5 Å². The minimum atomic E-state index is -3.00. The molecule has 2 atom stereocenters. The highest BCUT2D eigenvalue weighted by atomic mass is 32.2. The molecule has 0 aromatic carbocycles. The van der Waals surface area contributed by atoms with Crippen LogP contribution in [0.1, 0.15) is 12.8 Å². The lowest BCUT2D eigenvalue weighted by Gasteiger charge is -2.13. The van der Waals surface area contributed by atoms with Gasteiger partial charge in [0.05, 0.1) is 29.6 Å². The lowest BCUT2D eigenvalue weighted by Crippen LogP contribution is -2.44. The average Bonchev–Trinajstić information content (AvgIpc) is 2.78. The van der Waals surface area contributed by atoms with Crippen molar-refractivity contribution in [2.45, 2.75) is 24.9 Å². The summed E-state index contributed by atoms with van der Waals surface area (Å²) in [5, 5.41) is 5.54. The molecule has 1 amide bonds. The Kier molecular flexibility index (Phi) is 4.17. The van der Waals surface area contributed by atoms with Crippen LogP contribution in [0.5, 0.6) is 0 Å². The van der Waals surface area contributed by atoms with Crippen LogP contribution < -0.4 is 10.6 Å². The largest absolute Gasteiger partial charge is 0.351 e. The van der Waals surface area contributed by atoms with Gasteiger partial charge in [-0.05, 0) is 12.8 Å². The normalized spacial score (nSPS) is 32.2. The number of nitrogens with one attached hydrogen (secondary N) is 2. The Hall–Kier alpha value is -0.670. The third-order valence-electron chi connectivity index (χ3n) is 3.38. The van der Waals surface area contributed by atoms with Gasteiger partial charge in [-0.15, -0.1) is 0 Å². The fraction of sp³-hybridized carbons (Fsp3) is 0.900. The summed E-state index contributed by atoms with van der Waals surface area (Å²) < 4.78 is 44.9. The summed E-state index contributed by atoms with van der Waals surface area (Å²) in [5.74, 6) is 0.0556. The van der Waals surface area contributed by atoms with E-state index < -0.39 is 19.7 Å². The van der Waals surface area contributed by atoms with E-state index in [0.29, 0.717) is 12.8 Å². The molecule has 0 bridgehead atoms. The highest BCUT2D eigenvalue weighted by molar-refractivity contribution is 7.91. The van der Waals surface area contributed by atoms with E-state index in [0.717, 1.165) is 0 Å². The van der Waals surface area contributed by atoms with Gasteiger partial charge in [0, 0.05) is 12.1 Å². The maximum Gasteiger partial charge on any atom is 0.234 e. The van der Waals surface area contributed by atoms with Crippen molar-refractivity contribution in [3.05, 3.63) is 0 Å². The first-order valence-corrected chi connectivity index (χ1v) is 9.84. The Morgan fingerprint density at radius 2 is 1.47 bits per heavy atom. The van der Waals surface area contributed by atoms with Crippen molar-refractivity contribution < 1.29 is 21.6 Å². The molecule has 2 saturated heterocycles. The van der Waals surface area contributed by atoms with E-state index in [1.165, 1.54) is 0 Å². The molecule has 2 aliphatic heterocycles. The first-order chi connectivity index (χ1) is 8.76. The van der Waals surface area contributed by atoms with Gasteiger partial charge in [0.2, 0.25) is 5.91 Å². The number of hydrogen-bond donors (Lipinski definition) is 2. The predicted molar refractivity (Wildman–Crippen MR) is 70.3 cm³/mol. The van der Waals surface area contributed by atoms with Crippen molar-refractivity contribution in [1.29, 1.82) is 0 Å². The van der Waals surface area contributed by atoms with Crippen LogP contribution in [0, 0.1) is 0 Å². The zero-order chi connectivity index (χ0) is 14.1. The smallest absolute Gasteiger partial charge is 0.234 e. The number of carbonyl (C=O) groups excluding carboxylic acids is 1. The number of sulfone groups is 2. The van der Waals surface area contributed by atoms with E-state index in [4.69, 9.17) is 0 Å². The Bertz CT molecular complexity index is 554. The standard InChI is InChI=1S/C10H18N2O5S2/c13-10(12-9-2-4-19(16,17)7-9)5-11-8-1-3-18(14,15)6-8/h8-9,11H,1-7H2,(H,12,13)/t8-,9-/m1/s1. The molecule has 0 aromatic rings. The fourth-order valence-corrected chi connectivity index (χ4v) is 5.76. The molecule has 2 rings (SSSR count). The number of amides is 1. The van der Waals surface area contributed by atoms with Gasteiger partial charge >= 0.3 is 0 Å². The van der Waals surface area contributed by atoms with Gasteiger partial charge in [0.1, 0.15) is 0 Å². The van der Waals surface area contributed by atoms with Gasteiger partial charge in [-0.3, -0.25) is 4.79 Å². The topological polar surface area (TPSA) is 109 Å². The van der Waals surface area contributed by atoms with E-state index in [1.54, 1.807) is 0 Å². The van der Waals surface area contributed by atoms with Crippen LogP contribution in [0.3, 0.4) is 0 Å². The molecule has 2 N–H and O–H groups in total. The molecule has 7 nitrogen and oxygen atoms in total. The van der Waals surface area contributed by atoms with Crippen molar-refractivity contribution in [2.75, 3.05) is 29.6 Å². The fourth-order valence-electron chi connectivity index (χ4n) is 2.38. The van der Waals surface area contributed by atoms with Crippen molar-refractivity contribution >= 4 is 25.6 Å². The monoisotopic (exact) mass is 310 g/mol. The lowest BCUT2D eigenvalue weighted by atomic mass is 10.2. The van der Waals surface area contributed by atoms with Crippen molar-refractivity contribution in [3.8, 4) is 0 Å². The number of carbonyl (C=O) groups is 1.